The van der Waals surface area contributed by atoms with E-state index in [9.17, 15) is 4.79 Å². The maximum absolute atomic E-state index is 13.0. The molecule has 1 aromatic carbocycles. The highest BCUT2D eigenvalue weighted by molar-refractivity contribution is 7.20. The molecule has 7 heteroatoms. The summed E-state index contributed by atoms with van der Waals surface area (Å²) in [5, 5.41) is 5.20. The number of fused-ring (bicyclic) bond motifs is 2. The predicted octanol–water partition coefficient (Wildman–Crippen LogP) is 4.56. The Balaban J connectivity index is 1.42. The molecule has 6 nitrogen and oxygen atoms in total. The Bertz CT molecular complexity index is 1270. The molecule has 1 aliphatic heterocycles. The number of amides is 1. The zero-order chi connectivity index (χ0) is 22.1. The first kappa shape index (κ1) is 21.0. The molecule has 4 aromatic rings. The van der Waals surface area contributed by atoms with Crippen molar-refractivity contribution in [2.24, 2.45) is 0 Å². The molecule has 0 radical (unpaired) electrons. The second kappa shape index (κ2) is 8.94. The number of carbonyl (C=O) groups is 1. The molecule has 1 N–H and O–H groups in total. The summed E-state index contributed by atoms with van der Waals surface area (Å²) in [6.07, 6.45) is 3.42. The first-order valence-electron chi connectivity index (χ1n) is 10.9. The third kappa shape index (κ3) is 4.24. The summed E-state index contributed by atoms with van der Waals surface area (Å²) in [5.41, 5.74) is 3.22. The number of ether oxygens (including phenoxy) is 1. The molecular weight excluding hydrogens is 420 g/mol. The van der Waals surface area contributed by atoms with Crippen LogP contribution < -0.4 is 5.32 Å². The predicted molar refractivity (Wildman–Crippen MR) is 128 cm³/mol. The maximum atomic E-state index is 13.0. The fourth-order valence-corrected chi connectivity index (χ4v) is 5.37. The number of benzene rings is 1. The summed E-state index contributed by atoms with van der Waals surface area (Å²) in [6, 6.07) is 14.5. The van der Waals surface area contributed by atoms with Gasteiger partial charge in [-0.2, -0.15) is 0 Å². The van der Waals surface area contributed by atoms with Gasteiger partial charge in [-0.15, -0.1) is 11.3 Å². The van der Waals surface area contributed by atoms with Crippen molar-refractivity contribution in [1.29, 1.82) is 0 Å². The Morgan fingerprint density at radius 1 is 1.22 bits per heavy atom. The average Bonchev–Trinajstić information content (AvgIpc) is 3.19. The van der Waals surface area contributed by atoms with Crippen LogP contribution in [0.25, 0.3) is 21.1 Å². The van der Waals surface area contributed by atoms with Gasteiger partial charge in [-0.3, -0.25) is 14.7 Å². The van der Waals surface area contributed by atoms with E-state index in [4.69, 9.17) is 4.74 Å². The lowest BCUT2D eigenvalue weighted by atomic mass is 10.0. The molecule has 1 aliphatic rings. The Morgan fingerprint density at radius 2 is 2.06 bits per heavy atom. The summed E-state index contributed by atoms with van der Waals surface area (Å²) >= 11 is 1.45. The van der Waals surface area contributed by atoms with Crippen molar-refractivity contribution in [3.05, 3.63) is 70.9 Å². The van der Waals surface area contributed by atoms with E-state index >= 15 is 0 Å². The van der Waals surface area contributed by atoms with Crippen molar-refractivity contribution in [1.82, 2.24) is 20.2 Å². The highest BCUT2D eigenvalue weighted by Gasteiger charge is 2.30. The van der Waals surface area contributed by atoms with E-state index in [0.29, 0.717) is 11.5 Å². The number of nitrogens with one attached hydrogen (secondary N) is 1. The van der Waals surface area contributed by atoms with Gasteiger partial charge in [0.05, 0.1) is 18.2 Å². The van der Waals surface area contributed by atoms with E-state index in [1.807, 2.05) is 38.2 Å². The number of hydrogen-bond acceptors (Lipinski definition) is 6. The van der Waals surface area contributed by atoms with E-state index in [-0.39, 0.29) is 18.1 Å². The lowest BCUT2D eigenvalue weighted by molar-refractivity contribution is -0.0323. The molecule has 0 aliphatic carbocycles. The lowest BCUT2D eigenvalue weighted by Crippen LogP contribution is -2.38. The van der Waals surface area contributed by atoms with E-state index in [1.165, 1.54) is 16.9 Å². The summed E-state index contributed by atoms with van der Waals surface area (Å²) < 4.78 is 6.21. The minimum absolute atomic E-state index is 0.0549. The first-order chi connectivity index (χ1) is 15.6. The number of carbonyl (C=O) groups excluding carboxylic acids is 1. The molecule has 3 aromatic heterocycles. The summed E-state index contributed by atoms with van der Waals surface area (Å²) in [5.74, 6) is -0.0549. The van der Waals surface area contributed by atoms with Gasteiger partial charge in [-0.05, 0) is 43.7 Å². The Hall–Kier alpha value is -2.87. The molecule has 1 saturated heterocycles. The maximum Gasteiger partial charge on any atom is 0.262 e. The van der Waals surface area contributed by atoms with Crippen LogP contribution in [0.15, 0.2) is 54.9 Å². The van der Waals surface area contributed by atoms with Crippen LogP contribution in [0.5, 0.6) is 0 Å². The molecule has 1 amide bonds. The zero-order valence-corrected chi connectivity index (χ0v) is 19.1. The van der Waals surface area contributed by atoms with Gasteiger partial charge in [-0.25, -0.2) is 4.98 Å². The quantitative estimate of drug-likeness (QED) is 0.487. The smallest absolute Gasteiger partial charge is 0.262 e. The normalized spacial score (nSPS) is 17.3. The average molecular weight is 447 g/mol. The number of nitrogens with zero attached hydrogens (tertiary/aromatic N) is 3. The third-order valence-electron chi connectivity index (χ3n) is 5.68. The molecule has 164 valence electrons. The topological polar surface area (TPSA) is 67.4 Å². The Kier molecular flexibility index (Phi) is 5.87. The molecule has 1 atom stereocenters. The SMILES string of the molecule is CC(C)NC(=O)c1sc2ncccc2c1[C@@H]1CN(Cc2ccc3ncccc3c2)CCO1. The largest absolute Gasteiger partial charge is 0.371 e. The monoisotopic (exact) mass is 446 g/mol. The minimum atomic E-state index is -0.170. The number of thiophene rings is 1. The molecule has 0 bridgehead atoms. The van der Waals surface area contributed by atoms with Crippen molar-refractivity contribution in [2.45, 2.75) is 32.5 Å². The highest BCUT2D eigenvalue weighted by atomic mass is 32.1. The molecule has 0 unspecified atom stereocenters. The van der Waals surface area contributed by atoms with Crippen molar-refractivity contribution >= 4 is 38.4 Å². The van der Waals surface area contributed by atoms with Gasteiger partial charge in [0, 0.05) is 54.4 Å². The Labute approximate surface area is 191 Å². The minimum Gasteiger partial charge on any atom is -0.371 e. The summed E-state index contributed by atoms with van der Waals surface area (Å²) in [6.45, 7) is 6.99. The zero-order valence-electron chi connectivity index (χ0n) is 18.2. The van der Waals surface area contributed by atoms with Crippen LogP contribution >= 0.6 is 11.3 Å². The van der Waals surface area contributed by atoms with Gasteiger partial charge in [0.15, 0.2) is 0 Å². The fraction of sp³-hybridized carbons (Fsp3) is 0.320. The van der Waals surface area contributed by atoms with Gasteiger partial charge in [0.25, 0.3) is 5.91 Å². The molecule has 32 heavy (non-hydrogen) atoms. The van der Waals surface area contributed by atoms with Crippen LogP contribution in [0.3, 0.4) is 0 Å². The van der Waals surface area contributed by atoms with Gasteiger partial charge in [0.2, 0.25) is 0 Å². The Morgan fingerprint density at radius 3 is 2.94 bits per heavy atom. The second-order valence-electron chi connectivity index (χ2n) is 8.45. The highest BCUT2D eigenvalue weighted by Crippen LogP contribution is 2.37. The van der Waals surface area contributed by atoms with Crippen LogP contribution in [-0.4, -0.2) is 46.5 Å². The van der Waals surface area contributed by atoms with Crippen LogP contribution in [0.4, 0.5) is 0 Å². The number of morpholine rings is 1. The van der Waals surface area contributed by atoms with E-state index < -0.39 is 0 Å². The van der Waals surface area contributed by atoms with Crippen LogP contribution in [0.1, 0.15) is 40.8 Å². The van der Waals surface area contributed by atoms with Crippen molar-refractivity contribution in [3.8, 4) is 0 Å². The molecular formula is C25H26N4O2S. The number of rotatable bonds is 5. The number of hydrogen-bond donors (Lipinski definition) is 1. The fourth-order valence-electron chi connectivity index (χ4n) is 4.27. The van der Waals surface area contributed by atoms with Gasteiger partial charge < -0.3 is 10.1 Å². The summed E-state index contributed by atoms with van der Waals surface area (Å²) in [7, 11) is 0. The molecule has 1 fully saturated rings. The van der Waals surface area contributed by atoms with Gasteiger partial charge in [0.1, 0.15) is 9.71 Å². The van der Waals surface area contributed by atoms with Gasteiger partial charge >= 0.3 is 0 Å². The van der Waals surface area contributed by atoms with Crippen molar-refractivity contribution in [2.75, 3.05) is 19.7 Å². The standard InChI is InChI=1S/C25H26N4O2S/c1-16(2)28-24(30)23-22(19-6-4-10-27-25(19)32-23)21-15-29(11-12-31-21)14-17-7-8-20-18(13-17)5-3-9-26-20/h3-10,13,16,21H,11-12,14-15H2,1-2H3,(H,28,30)/t21-/m0/s1. The van der Waals surface area contributed by atoms with Crippen LogP contribution in [0.2, 0.25) is 0 Å². The van der Waals surface area contributed by atoms with E-state index in [1.54, 1.807) is 6.20 Å². The molecule has 0 spiro atoms. The van der Waals surface area contributed by atoms with E-state index in [2.05, 4.69) is 44.5 Å². The molecule has 4 heterocycles. The van der Waals surface area contributed by atoms with Crippen LogP contribution in [0, 0.1) is 0 Å². The van der Waals surface area contributed by atoms with Crippen molar-refractivity contribution in [3.63, 3.8) is 0 Å². The number of pyridine rings is 2. The van der Waals surface area contributed by atoms with E-state index in [0.717, 1.165) is 46.3 Å². The second-order valence-corrected chi connectivity index (χ2v) is 9.45. The van der Waals surface area contributed by atoms with Crippen molar-refractivity contribution < 1.29 is 9.53 Å². The molecule has 0 saturated carbocycles. The van der Waals surface area contributed by atoms with Gasteiger partial charge in [-0.1, -0.05) is 18.2 Å². The molecule has 5 rings (SSSR count). The number of aromatic nitrogens is 2. The summed E-state index contributed by atoms with van der Waals surface area (Å²) in [4.78, 5) is 25.9. The lowest BCUT2D eigenvalue weighted by Gasteiger charge is -2.33. The first-order valence-corrected chi connectivity index (χ1v) is 11.8. The third-order valence-corrected chi connectivity index (χ3v) is 6.80. The van der Waals surface area contributed by atoms with Crippen LogP contribution in [-0.2, 0) is 11.3 Å².